The van der Waals surface area contributed by atoms with Gasteiger partial charge in [-0.15, -0.1) is 0 Å². The van der Waals surface area contributed by atoms with Crippen molar-refractivity contribution >= 4 is 43.9 Å². The SMILES string of the molecule is CC1(c2ccccc2)c2ccccc2-c2ccc(-c3cc(-c4cccc(-c5ccc6oc7ccccc7c6c5)c4-c4ccc5oc6ccccc6c5c4)nc(-c4ccccc4)n3)cc21. The van der Waals surface area contributed by atoms with Crippen molar-refractivity contribution in [2.24, 2.45) is 0 Å². The Labute approximate surface area is 369 Å². The molecule has 1 atom stereocenters. The Morgan fingerprint density at radius 1 is 0.344 bits per heavy atom. The second-order valence-electron chi connectivity index (χ2n) is 17.0. The lowest BCUT2D eigenvalue weighted by atomic mass is 9.74. The minimum atomic E-state index is -0.347. The van der Waals surface area contributed by atoms with E-state index in [9.17, 15) is 0 Å². The highest BCUT2D eigenvalue weighted by Crippen LogP contribution is 2.53. The Hall–Kier alpha value is -8.34. The molecule has 0 fully saturated rings. The smallest absolute Gasteiger partial charge is 0.160 e. The number of nitrogens with zero attached hydrogens (tertiary/aromatic N) is 2. The highest BCUT2D eigenvalue weighted by Gasteiger charge is 2.40. The third-order valence-electron chi connectivity index (χ3n) is 13.4. The van der Waals surface area contributed by atoms with Gasteiger partial charge in [-0.3, -0.25) is 0 Å². The van der Waals surface area contributed by atoms with Crippen LogP contribution in [-0.4, -0.2) is 9.97 Å². The van der Waals surface area contributed by atoms with Crippen molar-refractivity contribution < 1.29 is 8.83 Å². The van der Waals surface area contributed by atoms with Crippen LogP contribution in [-0.2, 0) is 5.41 Å². The normalized spacial score (nSPS) is 14.4. The summed E-state index contributed by atoms with van der Waals surface area (Å²) < 4.78 is 12.6. The fraction of sp³-hybridized carbons (Fsp3) is 0.0333. The van der Waals surface area contributed by atoms with E-state index in [4.69, 9.17) is 18.8 Å². The molecule has 3 heterocycles. The van der Waals surface area contributed by atoms with E-state index in [1.807, 2.05) is 30.3 Å². The third-order valence-corrected chi connectivity index (χ3v) is 13.4. The minimum absolute atomic E-state index is 0.347. The van der Waals surface area contributed by atoms with Crippen LogP contribution in [0.2, 0.25) is 0 Å². The van der Waals surface area contributed by atoms with Crippen molar-refractivity contribution in [3.05, 3.63) is 229 Å². The van der Waals surface area contributed by atoms with Crippen LogP contribution in [0.4, 0.5) is 0 Å². The maximum Gasteiger partial charge on any atom is 0.160 e. The van der Waals surface area contributed by atoms with Gasteiger partial charge in [0, 0.05) is 43.7 Å². The number of benzene rings is 9. The first-order valence-electron chi connectivity index (χ1n) is 21.8. The van der Waals surface area contributed by atoms with Crippen LogP contribution in [0, 0.1) is 0 Å². The summed E-state index contributed by atoms with van der Waals surface area (Å²) in [4.78, 5) is 10.8. The van der Waals surface area contributed by atoms with E-state index in [0.29, 0.717) is 5.82 Å². The predicted molar refractivity (Wildman–Crippen MR) is 261 cm³/mol. The van der Waals surface area contributed by atoms with Gasteiger partial charge >= 0.3 is 0 Å². The van der Waals surface area contributed by atoms with E-state index in [1.165, 1.54) is 27.8 Å². The number of para-hydroxylation sites is 2. The van der Waals surface area contributed by atoms with Gasteiger partial charge in [0.15, 0.2) is 5.82 Å². The van der Waals surface area contributed by atoms with Gasteiger partial charge in [-0.25, -0.2) is 9.97 Å². The number of fused-ring (bicyclic) bond motifs is 9. The summed E-state index contributed by atoms with van der Waals surface area (Å²) in [6.45, 7) is 2.36. The van der Waals surface area contributed by atoms with Crippen molar-refractivity contribution in [2.75, 3.05) is 0 Å². The van der Waals surface area contributed by atoms with E-state index >= 15 is 0 Å². The van der Waals surface area contributed by atoms with Crippen molar-refractivity contribution in [3.8, 4) is 67.3 Å². The zero-order valence-electron chi connectivity index (χ0n) is 34.9. The maximum atomic E-state index is 6.35. The zero-order valence-corrected chi connectivity index (χ0v) is 34.9. The van der Waals surface area contributed by atoms with E-state index in [0.717, 1.165) is 94.2 Å². The molecule has 9 aromatic carbocycles. The molecule has 1 aliphatic carbocycles. The monoisotopic (exact) mass is 818 g/mol. The number of aromatic nitrogens is 2. The molecule has 0 aliphatic heterocycles. The number of hydrogen-bond acceptors (Lipinski definition) is 4. The van der Waals surface area contributed by atoms with Gasteiger partial charge in [0.2, 0.25) is 0 Å². The highest BCUT2D eigenvalue weighted by atomic mass is 16.3. The van der Waals surface area contributed by atoms with Crippen LogP contribution >= 0.6 is 0 Å². The number of hydrogen-bond donors (Lipinski definition) is 0. The Bertz CT molecular complexity index is 3810. The average molecular weight is 819 g/mol. The van der Waals surface area contributed by atoms with Gasteiger partial charge in [0.1, 0.15) is 22.3 Å². The van der Waals surface area contributed by atoms with Crippen molar-refractivity contribution in [1.29, 1.82) is 0 Å². The average Bonchev–Trinajstić information content (AvgIpc) is 4.01. The summed E-state index contributed by atoms with van der Waals surface area (Å²) in [5.74, 6) is 0.668. The first-order valence-corrected chi connectivity index (χ1v) is 21.8. The summed E-state index contributed by atoms with van der Waals surface area (Å²) in [7, 11) is 0. The topological polar surface area (TPSA) is 52.1 Å². The summed E-state index contributed by atoms with van der Waals surface area (Å²) >= 11 is 0. The number of furan rings is 2. The molecule has 4 heteroatoms. The van der Waals surface area contributed by atoms with E-state index in [2.05, 4.69) is 189 Å². The first kappa shape index (κ1) is 36.3. The molecule has 1 unspecified atom stereocenters. The largest absolute Gasteiger partial charge is 0.456 e. The lowest BCUT2D eigenvalue weighted by molar-refractivity contribution is 0.668. The molecular formula is C60H38N2O2. The summed E-state index contributed by atoms with van der Waals surface area (Å²) in [6.07, 6.45) is 0. The van der Waals surface area contributed by atoms with Crippen LogP contribution < -0.4 is 0 Å². The van der Waals surface area contributed by atoms with Crippen molar-refractivity contribution in [1.82, 2.24) is 9.97 Å². The molecule has 0 radical (unpaired) electrons. The summed E-state index contributed by atoms with van der Waals surface area (Å²) in [5.41, 5.74) is 18.5. The highest BCUT2D eigenvalue weighted by molar-refractivity contribution is 6.09. The van der Waals surface area contributed by atoms with E-state index in [-0.39, 0.29) is 5.41 Å². The first-order chi connectivity index (χ1) is 31.6. The fourth-order valence-corrected chi connectivity index (χ4v) is 10.3. The minimum Gasteiger partial charge on any atom is -0.456 e. The quantitative estimate of drug-likeness (QED) is 0.168. The van der Waals surface area contributed by atoms with Crippen LogP contribution in [0.1, 0.15) is 23.6 Å². The van der Waals surface area contributed by atoms with Crippen LogP contribution in [0.25, 0.3) is 111 Å². The van der Waals surface area contributed by atoms with Gasteiger partial charge in [0.05, 0.1) is 11.4 Å². The molecular weight excluding hydrogens is 781 g/mol. The molecule has 3 aromatic heterocycles. The molecule has 300 valence electrons. The molecule has 0 spiro atoms. The molecule has 0 saturated heterocycles. The molecule has 1 aliphatic rings. The lowest BCUT2D eigenvalue weighted by Gasteiger charge is -2.28. The zero-order chi connectivity index (χ0) is 42.4. The lowest BCUT2D eigenvalue weighted by Crippen LogP contribution is -2.22. The molecule has 0 saturated carbocycles. The summed E-state index contributed by atoms with van der Waals surface area (Å²) in [5, 5.41) is 4.33. The Kier molecular flexibility index (Phi) is 8.00. The summed E-state index contributed by atoms with van der Waals surface area (Å²) in [6, 6.07) is 75.3. The van der Waals surface area contributed by atoms with Crippen molar-refractivity contribution in [2.45, 2.75) is 12.3 Å². The Balaban J connectivity index is 1.06. The standard InChI is InChI=1S/C60H38N2O2/c1-60(41-17-6-3-7-18-41)50-24-11-8-19-43(50)44-30-27-39(35-51(44)60)52-36-53(62-59(61-52)37-15-4-2-5-16-37)47-23-14-22-42(38-28-31-56-48(33-38)45-20-9-12-25-54(45)63-56)58(47)40-29-32-57-49(34-40)46-21-10-13-26-55(46)64-57/h2-36H,1H3. The Morgan fingerprint density at radius 2 is 0.891 bits per heavy atom. The molecule has 0 N–H and O–H groups in total. The maximum absolute atomic E-state index is 6.35. The molecule has 13 rings (SSSR count). The third kappa shape index (κ3) is 5.56. The predicted octanol–water partition coefficient (Wildman–Crippen LogP) is 15.9. The van der Waals surface area contributed by atoms with Crippen LogP contribution in [0.3, 0.4) is 0 Å². The van der Waals surface area contributed by atoms with Gasteiger partial charge in [-0.2, -0.15) is 0 Å². The van der Waals surface area contributed by atoms with Gasteiger partial charge in [-0.05, 0) is 106 Å². The molecule has 4 nitrogen and oxygen atoms in total. The molecule has 64 heavy (non-hydrogen) atoms. The molecule has 0 bridgehead atoms. The van der Waals surface area contributed by atoms with E-state index in [1.54, 1.807) is 0 Å². The fourth-order valence-electron chi connectivity index (χ4n) is 10.3. The number of rotatable bonds is 6. The van der Waals surface area contributed by atoms with Gasteiger partial charge in [-0.1, -0.05) is 164 Å². The van der Waals surface area contributed by atoms with Crippen molar-refractivity contribution in [3.63, 3.8) is 0 Å². The van der Waals surface area contributed by atoms with Gasteiger partial charge < -0.3 is 8.83 Å². The molecule has 0 amide bonds. The van der Waals surface area contributed by atoms with Crippen LogP contribution in [0.5, 0.6) is 0 Å². The second-order valence-corrected chi connectivity index (χ2v) is 17.0. The van der Waals surface area contributed by atoms with Crippen LogP contribution in [0.15, 0.2) is 221 Å². The second kappa shape index (κ2) is 14.1. The molecule has 12 aromatic rings. The van der Waals surface area contributed by atoms with E-state index < -0.39 is 0 Å². The Morgan fingerprint density at radius 3 is 1.64 bits per heavy atom. The van der Waals surface area contributed by atoms with Gasteiger partial charge in [0.25, 0.3) is 0 Å².